The van der Waals surface area contributed by atoms with Crippen LogP contribution in [0.25, 0.3) is 0 Å². The molecule has 0 saturated carbocycles. The quantitative estimate of drug-likeness (QED) is 0.779. The predicted molar refractivity (Wildman–Crippen MR) is 107 cm³/mol. The number of carbonyl (C=O) groups excluding carboxylic acids is 1. The van der Waals surface area contributed by atoms with Crippen LogP contribution in [0.3, 0.4) is 0 Å². The summed E-state index contributed by atoms with van der Waals surface area (Å²) in [7, 11) is 1.88. The Morgan fingerprint density at radius 2 is 2.07 bits per heavy atom. The summed E-state index contributed by atoms with van der Waals surface area (Å²) in [5.74, 6) is -0.389. The highest BCUT2D eigenvalue weighted by Crippen LogP contribution is 2.47. The number of hydrogen-bond donors (Lipinski definition) is 1. The minimum atomic E-state index is -1.17. The molecule has 1 unspecified atom stereocenters. The standard InChI is InChI=1S/C21H23ClFN3O2/c1-24-9-4-10-26-19-8-7-15(22)13-17(19)21(16-5-2-3-6-18(16)23)25(11-12-28-21)14-20(26)27/h2-3,5-8,13,24H,4,9-12,14H2,1H3. The van der Waals surface area contributed by atoms with Gasteiger partial charge in [0.1, 0.15) is 5.82 Å². The maximum atomic E-state index is 14.9. The third-order valence-electron chi connectivity index (χ3n) is 5.41. The molecule has 2 aliphatic rings. The summed E-state index contributed by atoms with van der Waals surface area (Å²) in [6, 6.07) is 12.0. The molecule has 0 aromatic heterocycles. The number of nitrogens with zero attached hydrogens (tertiary/aromatic N) is 2. The van der Waals surface area contributed by atoms with E-state index in [1.54, 1.807) is 35.2 Å². The Morgan fingerprint density at radius 3 is 2.86 bits per heavy atom. The Balaban J connectivity index is 1.92. The minimum absolute atomic E-state index is 0.0246. The van der Waals surface area contributed by atoms with E-state index in [0.717, 1.165) is 18.7 Å². The zero-order valence-electron chi connectivity index (χ0n) is 15.8. The molecule has 148 valence electrons. The molecular formula is C21H23ClFN3O2. The predicted octanol–water partition coefficient (Wildman–Crippen LogP) is 2.97. The van der Waals surface area contributed by atoms with Gasteiger partial charge in [-0.05, 0) is 44.3 Å². The van der Waals surface area contributed by atoms with Gasteiger partial charge >= 0.3 is 0 Å². The Morgan fingerprint density at radius 1 is 1.25 bits per heavy atom. The highest BCUT2D eigenvalue weighted by Gasteiger charge is 2.52. The summed E-state index contributed by atoms with van der Waals surface area (Å²) in [5.41, 5.74) is 0.663. The van der Waals surface area contributed by atoms with E-state index in [-0.39, 0.29) is 18.3 Å². The number of nitrogens with one attached hydrogen (secondary N) is 1. The second kappa shape index (κ2) is 7.79. The number of amides is 1. The largest absolute Gasteiger partial charge is 0.350 e. The molecule has 2 heterocycles. The van der Waals surface area contributed by atoms with Crippen molar-refractivity contribution in [2.24, 2.45) is 0 Å². The normalized spacial score (nSPS) is 22.1. The van der Waals surface area contributed by atoms with E-state index in [1.807, 2.05) is 18.0 Å². The average Bonchev–Trinajstić information content (AvgIpc) is 3.06. The van der Waals surface area contributed by atoms with Crippen LogP contribution in [0.15, 0.2) is 42.5 Å². The third-order valence-corrected chi connectivity index (χ3v) is 5.64. The Bertz CT molecular complexity index is 894. The zero-order valence-corrected chi connectivity index (χ0v) is 16.5. The number of rotatable bonds is 5. The first-order valence-electron chi connectivity index (χ1n) is 9.47. The van der Waals surface area contributed by atoms with Crippen LogP contribution in [0.4, 0.5) is 10.1 Å². The molecule has 2 aromatic carbocycles. The molecule has 1 fully saturated rings. The molecule has 2 aromatic rings. The van der Waals surface area contributed by atoms with E-state index >= 15 is 0 Å². The highest BCUT2D eigenvalue weighted by molar-refractivity contribution is 6.30. The van der Waals surface area contributed by atoms with Crippen molar-refractivity contribution in [1.82, 2.24) is 10.2 Å². The Hall–Kier alpha value is -1.99. The molecule has 0 radical (unpaired) electrons. The number of hydrogen-bond acceptors (Lipinski definition) is 4. The fraction of sp³-hybridized carbons (Fsp3) is 0.381. The number of carbonyl (C=O) groups is 1. The first-order valence-corrected chi connectivity index (χ1v) is 9.84. The lowest BCUT2D eigenvalue weighted by Gasteiger charge is -2.37. The van der Waals surface area contributed by atoms with Crippen LogP contribution in [-0.4, -0.2) is 50.6 Å². The zero-order chi connectivity index (χ0) is 19.7. The molecule has 0 spiro atoms. The minimum Gasteiger partial charge on any atom is -0.350 e. The van der Waals surface area contributed by atoms with E-state index in [0.29, 0.717) is 35.8 Å². The van der Waals surface area contributed by atoms with E-state index < -0.39 is 5.72 Å². The second-order valence-corrected chi connectivity index (χ2v) is 7.49. The van der Waals surface area contributed by atoms with E-state index in [9.17, 15) is 9.18 Å². The van der Waals surface area contributed by atoms with Crippen LogP contribution >= 0.6 is 11.6 Å². The monoisotopic (exact) mass is 403 g/mol. The van der Waals surface area contributed by atoms with Gasteiger partial charge in [-0.15, -0.1) is 0 Å². The lowest BCUT2D eigenvalue weighted by atomic mass is 9.91. The molecule has 0 bridgehead atoms. The molecule has 2 aliphatic heterocycles. The summed E-state index contributed by atoms with van der Waals surface area (Å²) < 4.78 is 21.2. The van der Waals surface area contributed by atoms with E-state index in [4.69, 9.17) is 16.3 Å². The van der Waals surface area contributed by atoms with Crippen molar-refractivity contribution in [2.75, 3.05) is 44.7 Å². The SMILES string of the molecule is CNCCCN1C(=O)CN2CCOC2(c2ccccc2F)c2cc(Cl)ccc21. The Kier molecular flexibility index (Phi) is 5.38. The number of ether oxygens (including phenoxy) is 1. The van der Waals surface area contributed by atoms with Crippen molar-refractivity contribution in [3.63, 3.8) is 0 Å². The number of fused-ring (bicyclic) bond motifs is 3. The first kappa shape index (κ1) is 19.3. The summed E-state index contributed by atoms with van der Waals surface area (Å²) in [6.45, 7) is 2.46. The molecule has 28 heavy (non-hydrogen) atoms. The summed E-state index contributed by atoms with van der Waals surface area (Å²) in [4.78, 5) is 16.8. The molecule has 5 nitrogen and oxygen atoms in total. The van der Waals surface area contributed by atoms with Gasteiger partial charge in [-0.25, -0.2) is 4.39 Å². The third kappa shape index (κ3) is 3.10. The molecular weight excluding hydrogens is 381 g/mol. The lowest BCUT2D eigenvalue weighted by Crippen LogP contribution is -2.46. The Labute approximate surface area is 169 Å². The average molecular weight is 404 g/mol. The molecule has 1 N–H and O–H groups in total. The molecule has 1 atom stereocenters. The molecule has 7 heteroatoms. The van der Waals surface area contributed by atoms with Gasteiger partial charge in [0.25, 0.3) is 0 Å². The van der Waals surface area contributed by atoms with Crippen molar-refractivity contribution >= 4 is 23.2 Å². The maximum Gasteiger partial charge on any atom is 0.241 e. The number of benzene rings is 2. The maximum absolute atomic E-state index is 14.9. The van der Waals surface area contributed by atoms with Gasteiger partial charge in [-0.2, -0.15) is 0 Å². The van der Waals surface area contributed by atoms with Gasteiger partial charge in [0.15, 0.2) is 5.72 Å². The molecule has 1 saturated heterocycles. The number of halogens is 2. The van der Waals surface area contributed by atoms with Gasteiger partial charge in [-0.1, -0.05) is 29.8 Å². The van der Waals surface area contributed by atoms with Crippen LogP contribution in [0, 0.1) is 5.82 Å². The smallest absolute Gasteiger partial charge is 0.241 e. The molecule has 1 amide bonds. The number of anilines is 1. The fourth-order valence-corrected chi connectivity index (χ4v) is 4.35. The molecule has 0 aliphatic carbocycles. The fourth-order valence-electron chi connectivity index (χ4n) is 4.18. The van der Waals surface area contributed by atoms with Crippen molar-refractivity contribution in [1.29, 1.82) is 0 Å². The first-order chi connectivity index (χ1) is 13.6. The van der Waals surface area contributed by atoms with Gasteiger partial charge in [0.05, 0.1) is 18.8 Å². The van der Waals surface area contributed by atoms with Crippen LogP contribution in [0.1, 0.15) is 17.5 Å². The topological polar surface area (TPSA) is 44.8 Å². The van der Waals surface area contributed by atoms with Crippen LogP contribution in [0.5, 0.6) is 0 Å². The van der Waals surface area contributed by atoms with Crippen LogP contribution < -0.4 is 10.2 Å². The van der Waals surface area contributed by atoms with Gasteiger partial charge in [0, 0.05) is 29.2 Å². The lowest BCUT2D eigenvalue weighted by molar-refractivity contribution is -0.123. The second-order valence-electron chi connectivity index (χ2n) is 7.06. The van der Waals surface area contributed by atoms with Crippen molar-refractivity contribution < 1.29 is 13.9 Å². The van der Waals surface area contributed by atoms with E-state index in [2.05, 4.69) is 5.32 Å². The van der Waals surface area contributed by atoms with Gasteiger partial charge in [0.2, 0.25) is 5.91 Å². The van der Waals surface area contributed by atoms with Gasteiger partial charge in [-0.3, -0.25) is 9.69 Å². The van der Waals surface area contributed by atoms with Crippen LogP contribution in [-0.2, 0) is 15.3 Å². The summed E-state index contributed by atoms with van der Waals surface area (Å²) in [6.07, 6.45) is 0.803. The van der Waals surface area contributed by atoms with E-state index in [1.165, 1.54) is 6.07 Å². The summed E-state index contributed by atoms with van der Waals surface area (Å²) in [5, 5.41) is 3.63. The highest BCUT2D eigenvalue weighted by atomic mass is 35.5. The van der Waals surface area contributed by atoms with Crippen molar-refractivity contribution in [2.45, 2.75) is 12.1 Å². The van der Waals surface area contributed by atoms with Crippen molar-refractivity contribution in [3.8, 4) is 0 Å². The molecule has 4 rings (SSSR count). The van der Waals surface area contributed by atoms with Crippen LogP contribution in [0.2, 0.25) is 5.02 Å². The summed E-state index contributed by atoms with van der Waals surface area (Å²) >= 11 is 6.34. The van der Waals surface area contributed by atoms with Gasteiger partial charge < -0.3 is 15.0 Å². The van der Waals surface area contributed by atoms with Crippen molar-refractivity contribution in [3.05, 3.63) is 64.4 Å².